The average molecular weight is 217 g/mol. The Morgan fingerprint density at radius 1 is 1.31 bits per heavy atom. The van der Waals surface area contributed by atoms with Crippen molar-refractivity contribution in [2.75, 3.05) is 5.73 Å². The number of para-hydroxylation sites is 1. The summed E-state index contributed by atoms with van der Waals surface area (Å²) in [6.45, 7) is 0. The Morgan fingerprint density at radius 3 is 2.88 bits per heavy atom. The number of rotatable bonds is 1. The lowest BCUT2D eigenvalue weighted by Gasteiger charge is -1.89. The molecule has 0 saturated heterocycles. The van der Waals surface area contributed by atoms with E-state index in [-0.39, 0.29) is 11.4 Å². The number of hydrogen-bond donors (Lipinski definition) is 2. The minimum absolute atomic E-state index is 0.241. The predicted molar refractivity (Wildman–Crippen MR) is 58.2 cm³/mol. The zero-order chi connectivity index (χ0) is 11.1. The first-order valence-electron chi connectivity index (χ1n) is 4.73. The molecule has 0 unspecified atom stereocenters. The van der Waals surface area contributed by atoms with E-state index >= 15 is 0 Å². The van der Waals surface area contributed by atoms with Crippen LogP contribution < -0.4 is 5.73 Å². The number of furan rings is 1. The summed E-state index contributed by atoms with van der Waals surface area (Å²) in [5.41, 5.74) is 6.36. The average Bonchev–Trinajstić information content (AvgIpc) is 2.84. The molecule has 2 heterocycles. The number of anilines is 1. The standard InChI is InChI=1S/C11H8FN3O/c12-7-3-1-2-6-4-9(16-11(6)7)8-5-10(13)15-14-8/h1-5H,(H3,13,14,15). The Hall–Kier alpha value is -2.30. The van der Waals surface area contributed by atoms with E-state index in [0.29, 0.717) is 22.7 Å². The van der Waals surface area contributed by atoms with E-state index in [1.807, 2.05) is 0 Å². The number of nitrogens with zero attached hydrogens (tertiary/aromatic N) is 1. The first-order chi connectivity index (χ1) is 7.74. The van der Waals surface area contributed by atoms with Crippen LogP contribution in [0.5, 0.6) is 0 Å². The molecule has 2 aromatic heterocycles. The SMILES string of the molecule is Nc1cc(-c2cc3cccc(F)c3o2)[nH]n1. The molecule has 0 fully saturated rings. The van der Waals surface area contributed by atoms with Gasteiger partial charge in [0.2, 0.25) is 0 Å². The minimum atomic E-state index is -0.378. The maximum absolute atomic E-state index is 13.4. The number of fused-ring (bicyclic) bond motifs is 1. The van der Waals surface area contributed by atoms with Gasteiger partial charge in [-0.1, -0.05) is 12.1 Å². The molecule has 0 saturated carbocycles. The highest BCUT2D eigenvalue weighted by molar-refractivity contribution is 5.82. The van der Waals surface area contributed by atoms with Crippen LogP contribution in [-0.2, 0) is 0 Å². The number of hydrogen-bond acceptors (Lipinski definition) is 3. The quantitative estimate of drug-likeness (QED) is 0.658. The van der Waals surface area contributed by atoms with Crippen LogP contribution in [0.15, 0.2) is 34.7 Å². The van der Waals surface area contributed by atoms with Crippen molar-refractivity contribution in [1.29, 1.82) is 0 Å². The van der Waals surface area contributed by atoms with Crippen molar-refractivity contribution in [3.8, 4) is 11.5 Å². The van der Waals surface area contributed by atoms with Gasteiger partial charge in [0.15, 0.2) is 17.2 Å². The predicted octanol–water partition coefficient (Wildman–Crippen LogP) is 2.54. The summed E-state index contributed by atoms with van der Waals surface area (Å²) in [6.07, 6.45) is 0. The highest BCUT2D eigenvalue weighted by atomic mass is 19.1. The number of nitrogens with one attached hydrogen (secondary N) is 1. The van der Waals surface area contributed by atoms with E-state index in [9.17, 15) is 4.39 Å². The van der Waals surface area contributed by atoms with Crippen LogP contribution in [0.1, 0.15) is 0 Å². The molecule has 0 aliphatic carbocycles. The molecular weight excluding hydrogens is 209 g/mol. The topological polar surface area (TPSA) is 67.8 Å². The monoisotopic (exact) mass is 217 g/mol. The third kappa shape index (κ3) is 1.25. The van der Waals surface area contributed by atoms with Crippen LogP contribution in [0.3, 0.4) is 0 Å². The first-order valence-corrected chi connectivity index (χ1v) is 4.73. The molecular formula is C11H8FN3O. The fraction of sp³-hybridized carbons (Fsp3) is 0. The molecule has 3 N–H and O–H groups in total. The van der Waals surface area contributed by atoms with Crippen molar-refractivity contribution in [3.05, 3.63) is 36.1 Å². The number of benzene rings is 1. The van der Waals surface area contributed by atoms with E-state index in [4.69, 9.17) is 10.2 Å². The van der Waals surface area contributed by atoms with Gasteiger partial charge in [0.1, 0.15) is 11.5 Å². The molecule has 5 heteroatoms. The summed E-state index contributed by atoms with van der Waals surface area (Å²) < 4.78 is 18.8. The second-order valence-electron chi connectivity index (χ2n) is 3.48. The van der Waals surface area contributed by atoms with E-state index in [1.54, 1.807) is 24.3 Å². The number of nitrogens with two attached hydrogens (primary N) is 1. The molecule has 4 nitrogen and oxygen atoms in total. The Kier molecular flexibility index (Phi) is 1.73. The van der Waals surface area contributed by atoms with Crippen molar-refractivity contribution in [2.45, 2.75) is 0 Å². The van der Waals surface area contributed by atoms with E-state index in [1.165, 1.54) is 6.07 Å². The Bertz CT molecular complexity index is 656. The zero-order valence-electron chi connectivity index (χ0n) is 8.20. The van der Waals surface area contributed by atoms with Crippen LogP contribution in [0, 0.1) is 5.82 Å². The maximum atomic E-state index is 13.4. The summed E-state index contributed by atoms with van der Waals surface area (Å²) in [7, 11) is 0. The Morgan fingerprint density at radius 2 is 2.19 bits per heavy atom. The Balaban J connectivity index is 2.22. The highest BCUT2D eigenvalue weighted by Gasteiger charge is 2.10. The molecule has 3 aromatic rings. The molecule has 0 aliphatic heterocycles. The summed E-state index contributed by atoms with van der Waals surface area (Å²) in [6, 6.07) is 8.15. The smallest absolute Gasteiger partial charge is 0.170 e. The lowest BCUT2D eigenvalue weighted by atomic mass is 10.2. The van der Waals surface area contributed by atoms with Crippen molar-refractivity contribution in [1.82, 2.24) is 10.2 Å². The van der Waals surface area contributed by atoms with Crippen molar-refractivity contribution in [2.24, 2.45) is 0 Å². The molecule has 16 heavy (non-hydrogen) atoms. The summed E-state index contributed by atoms with van der Waals surface area (Å²) in [5, 5.41) is 7.21. The second kappa shape index (κ2) is 3.10. The highest BCUT2D eigenvalue weighted by Crippen LogP contribution is 2.28. The third-order valence-corrected chi connectivity index (χ3v) is 2.36. The van der Waals surface area contributed by atoms with Crippen LogP contribution in [0.25, 0.3) is 22.4 Å². The van der Waals surface area contributed by atoms with Crippen LogP contribution in [-0.4, -0.2) is 10.2 Å². The van der Waals surface area contributed by atoms with Gasteiger partial charge in [-0.3, -0.25) is 5.10 Å². The largest absolute Gasteiger partial charge is 0.451 e. The van der Waals surface area contributed by atoms with Gasteiger partial charge < -0.3 is 10.2 Å². The summed E-state index contributed by atoms with van der Waals surface area (Å²) in [5.74, 6) is 0.511. The lowest BCUT2D eigenvalue weighted by molar-refractivity contribution is 0.567. The van der Waals surface area contributed by atoms with Gasteiger partial charge in [0.05, 0.1) is 0 Å². The van der Waals surface area contributed by atoms with E-state index in [2.05, 4.69) is 10.2 Å². The molecule has 0 bridgehead atoms. The van der Waals surface area contributed by atoms with Gasteiger partial charge in [0, 0.05) is 11.5 Å². The first kappa shape index (κ1) is 8.96. The van der Waals surface area contributed by atoms with Crippen LogP contribution in [0.2, 0.25) is 0 Å². The van der Waals surface area contributed by atoms with Gasteiger partial charge in [-0.15, -0.1) is 0 Å². The summed E-state index contributed by atoms with van der Waals surface area (Å²) in [4.78, 5) is 0. The molecule has 0 aliphatic rings. The number of H-pyrrole nitrogens is 1. The van der Waals surface area contributed by atoms with Gasteiger partial charge in [0.25, 0.3) is 0 Å². The molecule has 0 atom stereocenters. The number of halogens is 1. The molecule has 1 aromatic carbocycles. The summed E-state index contributed by atoms with van der Waals surface area (Å²) >= 11 is 0. The molecule has 0 amide bonds. The van der Waals surface area contributed by atoms with Crippen molar-refractivity contribution in [3.63, 3.8) is 0 Å². The van der Waals surface area contributed by atoms with E-state index in [0.717, 1.165) is 0 Å². The number of aromatic nitrogens is 2. The van der Waals surface area contributed by atoms with Crippen molar-refractivity contribution < 1.29 is 8.81 Å². The molecule has 0 spiro atoms. The van der Waals surface area contributed by atoms with Crippen LogP contribution >= 0.6 is 0 Å². The Labute approximate surface area is 89.9 Å². The number of nitrogen functional groups attached to an aromatic ring is 1. The van der Waals surface area contributed by atoms with E-state index < -0.39 is 0 Å². The number of aromatic amines is 1. The fourth-order valence-electron chi connectivity index (χ4n) is 1.62. The van der Waals surface area contributed by atoms with Crippen molar-refractivity contribution >= 4 is 16.8 Å². The van der Waals surface area contributed by atoms with Gasteiger partial charge >= 0.3 is 0 Å². The zero-order valence-corrected chi connectivity index (χ0v) is 8.20. The second-order valence-corrected chi connectivity index (χ2v) is 3.48. The van der Waals surface area contributed by atoms with Gasteiger partial charge in [-0.05, 0) is 12.1 Å². The fourth-order valence-corrected chi connectivity index (χ4v) is 1.62. The molecule has 0 radical (unpaired) electrons. The van der Waals surface area contributed by atoms with Gasteiger partial charge in [-0.25, -0.2) is 4.39 Å². The molecule has 80 valence electrons. The molecule has 3 rings (SSSR count). The normalized spacial score (nSPS) is 11.1. The lowest BCUT2D eigenvalue weighted by Crippen LogP contribution is -1.81. The van der Waals surface area contributed by atoms with Gasteiger partial charge in [-0.2, -0.15) is 5.10 Å². The van der Waals surface area contributed by atoms with Crippen LogP contribution in [0.4, 0.5) is 10.2 Å². The third-order valence-electron chi connectivity index (χ3n) is 2.36. The maximum Gasteiger partial charge on any atom is 0.170 e. The minimum Gasteiger partial charge on any atom is -0.451 e.